The van der Waals surface area contributed by atoms with E-state index in [1.54, 1.807) is 66.6 Å². The number of ether oxygens (including phenoxy) is 1. The van der Waals surface area contributed by atoms with E-state index in [1.807, 2.05) is 50.2 Å². The second-order valence-electron chi connectivity index (χ2n) is 10.0. The fourth-order valence-corrected chi connectivity index (χ4v) is 5.36. The molecule has 0 aliphatic heterocycles. The van der Waals surface area contributed by atoms with Gasteiger partial charge in [-0.05, 0) is 73.5 Å². The van der Waals surface area contributed by atoms with Crippen molar-refractivity contribution in [2.45, 2.75) is 31.3 Å². The molecule has 0 aliphatic carbocycles. The van der Waals surface area contributed by atoms with E-state index in [0.29, 0.717) is 33.9 Å². The van der Waals surface area contributed by atoms with Crippen molar-refractivity contribution in [1.29, 1.82) is 0 Å². The maximum absolute atomic E-state index is 13.3. The molecule has 0 saturated heterocycles. The van der Waals surface area contributed by atoms with E-state index in [9.17, 15) is 13.2 Å². The molecule has 43 heavy (non-hydrogen) atoms. The highest BCUT2D eigenvalue weighted by molar-refractivity contribution is 7.89. The Morgan fingerprint density at radius 1 is 0.953 bits per heavy atom. The van der Waals surface area contributed by atoms with E-state index in [1.165, 1.54) is 6.07 Å². The number of anilines is 1. The molecule has 0 unspecified atom stereocenters. The molecule has 0 fully saturated rings. The Morgan fingerprint density at radius 3 is 2.26 bits per heavy atom. The van der Waals surface area contributed by atoms with Crippen LogP contribution < -0.4 is 20.9 Å². The van der Waals surface area contributed by atoms with Crippen molar-refractivity contribution in [3.8, 4) is 16.9 Å². The summed E-state index contributed by atoms with van der Waals surface area (Å²) in [6.45, 7) is 4.19. The van der Waals surface area contributed by atoms with Crippen LogP contribution in [0.5, 0.6) is 5.75 Å². The van der Waals surface area contributed by atoms with Crippen LogP contribution >= 0.6 is 12.2 Å². The lowest BCUT2D eigenvalue weighted by Crippen LogP contribution is -2.39. The zero-order chi connectivity index (χ0) is 31.1. The van der Waals surface area contributed by atoms with Crippen molar-refractivity contribution in [3.63, 3.8) is 0 Å². The van der Waals surface area contributed by atoms with Crippen LogP contribution in [0.15, 0.2) is 107 Å². The van der Waals surface area contributed by atoms with Gasteiger partial charge in [-0.1, -0.05) is 60.7 Å². The van der Waals surface area contributed by atoms with Gasteiger partial charge in [-0.15, -0.1) is 0 Å². The first-order valence-electron chi connectivity index (χ1n) is 13.4. The molecule has 4 aromatic carbocycles. The maximum Gasteiger partial charge on any atom is 0.322 e. The minimum atomic E-state index is -3.89. The Bertz CT molecular complexity index is 1750. The monoisotopic (exact) mass is 615 g/mol. The molecule has 0 saturated carbocycles. The molecule has 222 valence electrons. The molecule has 4 aromatic rings. The number of carbonyl (C=O) groups excluding carboxylic acids is 1. The highest BCUT2D eigenvalue weighted by Gasteiger charge is 2.19. The highest BCUT2D eigenvalue weighted by Crippen LogP contribution is 2.28. The van der Waals surface area contributed by atoms with E-state index >= 15 is 0 Å². The molecule has 0 heterocycles. The molecule has 2 amide bonds. The number of nitrogens with zero attached hydrogens (tertiary/aromatic N) is 2. The van der Waals surface area contributed by atoms with Gasteiger partial charge in [0.05, 0.1) is 12.0 Å². The number of rotatable bonds is 9. The Morgan fingerprint density at radius 2 is 1.63 bits per heavy atom. The molecule has 0 spiro atoms. The van der Waals surface area contributed by atoms with Crippen LogP contribution in [0.2, 0.25) is 0 Å². The van der Waals surface area contributed by atoms with Gasteiger partial charge in [-0.3, -0.25) is 0 Å². The van der Waals surface area contributed by atoms with Gasteiger partial charge in [0.15, 0.2) is 0 Å². The lowest BCUT2D eigenvalue weighted by molar-refractivity contribution is 0.193. The van der Waals surface area contributed by atoms with Crippen molar-refractivity contribution in [1.82, 2.24) is 4.90 Å². The molecular weight excluding hydrogens is 583 g/mol. The Balaban J connectivity index is 1.47. The van der Waals surface area contributed by atoms with Gasteiger partial charge in [-0.2, -0.15) is 0 Å². The van der Waals surface area contributed by atoms with Gasteiger partial charge in [0.2, 0.25) is 10.0 Å². The number of amides is 2. The Labute approximate surface area is 257 Å². The fourth-order valence-electron chi connectivity index (χ4n) is 4.37. The third kappa shape index (κ3) is 8.04. The first-order valence-corrected chi connectivity index (χ1v) is 15.3. The SMILES string of the molecule is COc1ccc(C(=S)N=C(N)c2cccc(CN(C(=O)Nc3ccc(-c4ccccc4S(N)(=O)=O)cc3)C(C)C)c2)cc1. The fraction of sp³-hybridized carbons (Fsp3) is 0.156. The normalized spacial score (nSPS) is 11.7. The van der Waals surface area contributed by atoms with Crippen molar-refractivity contribution in [2.24, 2.45) is 15.9 Å². The minimum Gasteiger partial charge on any atom is -0.497 e. The lowest BCUT2D eigenvalue weighted by Gasteiger charge is -2.27. The number of thiocarbonyl (C=S) groups is 1. The Kier molecular flexibility index (Phi) is 9.92. The third-order valence-corrected chi connectivity index (χ3v) is 7.96. The van der Waals surface area contributed by atoms with Crippen LogP contribution in [0.1, 0.15) is 30.5 Å². The summed E-state index contributed by atoms with van der Waals surface area (Å²) in [5.74, 6) is 0.991. The molecule has 9 nitrogen and oxygen atoms in total. The number of urea groups is 1. The number of methoxy groups -OCH3 is 1. The highest BCUT2D eigenvalue weighted by atomic mass is 32.2. The number of aliphatic imine (C=N–C) groups is 1. The van der Waals surface area contributed by atoms with Crippen LogP contribution in [-0.2, 0) is 16.6 Å². The van der Waals surface area contributed by atoms with Gasteiger partial charge < -0.3 is 20.7 Å². The smallest absolute Gasteiger partial charge is 0.322 e. The second-order valence-corrected chi connectivity index (χ2v) is 11.9. The predicted octanol–water partition coefficient (Wildman–Crippen LogP) is 5.53. The van der Waals surface area contributed by atoms with E-state index < -0.39 is 10.0 Å². The summed E-state index contributed by atoms with van der Waals surface area (Å²) in [7, 11) is -2.30. The lowest BCUT2D eigenvalue weighted by atomic mass is 10.1. The summed E-state index contributed by atoms with van der Waals surface area (Å²) in [6.07, 6.45) is 0. The molecular formula is C32H33N5O4S2. The first kappa shape index (κ1) is 31.4. The van der Waals surface area contributed by atoms with Gasteiger partial charge in [0.1, 0.15) is 16.6 Å². The molecule has 0 bridgehead atoms. The summed E-state index contributed by atoms with van der Waals surface area (Å²) in [5, 5.41) is 8.31. The van der Waals surface area contributed by atoms with Crippen LogP contribution in [0.25, 0.3) is 11.1 Å². The third-order valence-electron chi connectivity index (χ3n) is 6.66. The Hall–Kier alpha value is -4.58. The zero-order valence-electron chi connectivity index (χ0n) is 24.0. The average molecular weight is 616 g/mol. The van der Waals surface area contributed by atoms with Crippen LogP contribution in [0.4, 0.5) is 10.5 Å². The van der Waals surface area contributed by atoms with Gasteiger partial charge in [-0.25, -0.2) is 23.3 Å². The summed E-state index contributed by atoms with van der Waals surface area (Å²) >= 11 is 5.47. The van der Waals surface area contributed by atoms with Crippen molar-refractivity contribution in [3.05, 3.63) is 114 Å². The number of benzene rings is 4. The number of carbonyl (C=O) groups is 1. The van der Waals surface area contributed by atoms with Crippen molar-refractivity contribution < 1.29 is 17.9 Å². The number of hydrogen-bond donors (Lipinski definition) is 3. The van der Waals surface area contributed by atoms with E-state index in [2.05, 4.69) is 10.3 Å². The summed E-state index contributed by atoms with van der Waals surface area (Å²) in [6, 6.07) is 27.8. The summed E-state index contributed by atoms with van der Waals surface area (Å²) in [4.78, 5) is 19.8. The van der Waals surface area contributed by atoms with Gasteiger partial charge in [0, 0.05) is 35.0 Å². The molecule has 0 atom stereocenters. The maximum atomic E-state index is 13.3. The molecule has 11 heteroatoms. The first-order chi connectivity index (χ1) is 20.5. The van der Waals surface area contributed by atoms with Crippen LogP contribution in [-0.4, -0.2) is 43.3 Å². The van der Waals surface area contributed by atoms with Crippen molar-refractivity contribution >= 4 is 44.8 Å². The average Bonchev–Trinajstić information content (AvgIpc) is 2.99. The van der Waals surface area contributed by atoms with Crippen LogP contribution in [0, 0.1) is 0 Å². The number of primary sulfonamides is 1. The van der Waals surface area contributed by atoms with E-state index in [0.717, 1.165) is 16.9 Å². The largest absolute Gasteiger partial charge is 0.497 e. The summed E-state index contributed by atoms with van der Waals surface area (Å²) < 4.78 is 29.2. The summed E-state index contributed by atoms with van der Waals surface area (Å²) in [5.41, 5.74) is 10.3. The number of sulfonamides is 1. The van der Waals surface area contributed by atoms with Crippen molar-refractivity contribution in [2.75, 3.05) is 12.4 Å². The second kappa shape index (κ2) is 13.6. The number of amidine groups is 1. The molecule has 0 radical (unpaired) electrons. The van der Waals surface area contributed by atoms with Gasteiger partial charge in [0.25, 0.3) is 0 Å². The van der Waals surface area contributed by atoms with E-state index in [-0.39, 0.29) is 22.8 Å². The minimum absolute atomic E-state index is 0.0354. The van der Waals surface area contributed by atoms with E-state index in [4.69, 9.17) is 27.8 Å². The van der Waals surface area contributed by atoms with Crippen LogP contribution in [0.3, 0.4) is 0 Å². The zero-order valence-corrected chi connectivity index (χ0v) is 25.7. The molecule has 4 rings (SSSR count). The molecule has 0 aliphatic rings. The van der Waals surface area contributed by atoms with Gasteiger partial charge >= 0.3 is 6.03 Å². The number of nitrogens with one attached hydrogen (secondary N) is 1. The topological polar surface area (TPSA) is 140 Å². The quantitative estimate of drug-likeness (QED) is 0.128. The molecule has 5 N–H and O–H groups in total. The molecule has 0 aromatic heterocycles. The predicted molar refractivity (Wildman–Crippen MR) is 175 cm³/mol. The number of hydrogen-bond acceptors (Lipinski definition) is 5. The number of nitrogens with two attached hydrogens (primary N) is 2. The standard InChI is InChI=1S/C32H33N5O4S2/c1-21(2)37(32(38)35-26-15-11-23(12-16-26)28-9-4-5-10-29(28)43(34,39)40)20-22-7-6-8-25(19-22)30(33)36-31(42)24-13-17-27(41-3)18-14-24/h4-19,21H,20H2,1-3H3,(H,35,38)(H2,33,36,42)(H2,34,39,40).